The van der Waals surface area contributed by atoms with Crippen LogP contribution >= 0.6 is 0 Å². The fraction of sp³-hybridized carbons (Fsp3) is 0.846. The van der Waals surface area contributed by atoms with E-state index in [4.69, 9.17) is 6.42 Å². The first-order valence-electron chi connectivity index (χ1n) is 6.55. The fourth-order valence-electron chi connectivity index (χ4n) is 2.30. The Bertz CT molecular complexity index is 337. The summed E-state index contributed by atoms with van der Waals surface area (Å²) >= 11 is 0. The van der Waals surface area contributed by atoms with Gasteiger partial charge in [0, 0.05) is 13.0 Å². The molecule has 0 aromatic carbocycles. The van der Waals surface area contributed by atoms with Crippen LogP contribution in [0.25, 0.3) is 0 Å². The minimum Gasteiger partial charge on any atom is -0.215 e. The first-order chi connectivity index (χ1) is 8.14. The van der Waals surface area contributed by atoms with Gasteiger partial charge in [-0.25, -0.2) is 13.1 Å². The molecular weight excluding hydrogens is 234 g/mol. The maximum atomic E-state index is 11.8. The standard InChI is InChI=1S/C13H23NO2S/c1-2-3-4-8-11-14-17(15,16)12-13-9-6-5-7-10-13/h1,13-14H,3-12H2. The first kappa shape index (κ1) is 14.5. The lowest BCUT2D eigenvalue weighted by Gasteiger charge is -2.21. The average Bonchev–Trinajstić information content (AvgIpc) is 2.29. The van der Waals surface area contributed by atoms with Crippen LogP contribution in [0.4, 0.5) is 0 Å². The van der Waals surface area contributed by atoms with E-state index in [1.54, 1.807) is 0 Å². The molecule has 1 saturated carbocycles. The van der Waals surface area contributed by atoms with Crippen molar-refractivity contribution in [2.45, 2.75) is 51.4 Å². The van der Waals surface area contributed by atoms with Crippen LogP contribution in [0, 0.1) is 18.3 Å². The second kappa shape index (κ2) is 7.73. The third kappa shape index (κ3) is 6.70. The molecule has 1 aliphatic rings. The van der Waals surface area contributed by atoms with Crippen molar-refractivity contribution in [3.63, 3.8) is 0 Å². The largest absolute Gasteiger partial charge is 0.215 e. The van der Waals surface area contributed by atoms with E-state index in [1.807, 2.05) is 0 Å². The minimum absolute atomic E-state index is 0.308. The fourth-order valence-corrected chi connectivity index (χ4v) is 3.83. The highest BCUT2D eigenvalue weighted by atomic mass is 32.2. The molecule has 0 saturated heterocycles. The second-order valence-electron chi connectivity index (χ2n) is 4.84. The molecular formula is C13H23NO2S. The Morgan fingerprint density at radius 3 is 2.53 bits per heavy atom. The molecule has 4 heteroatoms. The molecule has 0 aromatic rings. The van der Waals surface area contributed by atoms with E-state index in [0.29, 0.717) is 18.2 Å². The number of terminal acetylenes is 1. The van der Waals surface area contributed by atoms with Gasteiger partial charge in [-0.3, -0.25) is 0 Å². The molecule has 98 valence electrons. The molecule has 0 spiro atoms. The molecule has 0 atom stereocenters. The summed E-state index contributed by atoms with van der Waals surface area (Å²) in [6, 6.07) is 0. The molecule has 1 N–H and O–H groups in total. The van der Waals surface area contributed by atoms with Crippen LogP contribution in [0.2, 0.25) is 0 Å². The van der Waals surface area contributed by atoms with Gasteiger partial charge in [-0.05, 0) is 31.6 Å². The van der Waals surface area contributed by atoms with E-state index in [1.165, 1.54) is 19.3 Å². The summed E-state index contributed by atoms with van der Waals surface area (Å²) in [5.74, 6) is 3.23. The molecule has 1 fully saturated rings. The molecule has 0 aromatic heterocycles. The Morgan fingerprint density at radius 2 is 1.88 bits per heavy atom. The lowest BCUT2D eigenvalue weighted by atomic mass is 9.91. The monoisotopic (exact) mass is 257 g/mol. The summed E-state index contributed by atoms with van der Waals surface area (Å²) in [5.41, 5.74) is 0. The number of rotatable bonds is 7. The summed E-state index contributed by atoms with van der Waals surface area (Å²) in [6.07, 6.45) is 13.3. The van der Waals surface area contributed by atoms with Gasteiger partial charge in [0.1, 0.15) is 0 Å². The maximum absolute atomic E-state index is 11.8. The molecule has 1 aliphatic carbocycles. The summed E-state index contributed by atoms with van der Waals surface area (Å²) in [4.78, 5) is 0. The Hall–Kier alpha value is -0.530. The molecule has 0 radical (unpaired) electrons. The zero-order valence-electron chi connectivity index (χ0n) is 10.5. The summed E-state index contributed by atoms with van der Waals surface area (Å²) in [5, 5.41) is 0. The van der Waals surface area contributed by atoms with Crippen LogP contribution in [0.3, 0.4) is 0 Å². The normalized spacial score (nSPS) is 17.8. The van der Waals surface area contributed by atoms with Crippen molar-refractivity contribution < 1.29 is 8.42 Å². The number of nitrogens with one attached hydrogen (secondary N) is 1. The summed E-state index contributed by atoms with van der Waals surface area (Å²) in [6.45, 7) is 0.525. The van der Waals surface area contributed by atoms with Crippen molar-refractivity contribution >= 4 is 10.0 Å². The van der Waals surface area contributed by atoms with Gasteiger partial charge in [0.2, 0.25) is 10.0 Å². The maximum Gasteiger partial charge on any atom is 0.211 e. The van der Waals surface area contributed by atoms with E-state index in [0.717, 1.165) is 32.1 Å². The Labute approximate surface area is 105 Å². The molecule has 0 unspecified atom stereocenters. The van der Waals surface area contributed by atoms with E-state index < -0.39 is 10.0 Å². The molecule has 3 nitrogen and oxygen atoms in total. The molecule has 0 heterocycles. The predicted molar refractivity (Wildman–Crippen MR) is 71.0 cm³/mol. The van der Waals surface area contributed by atoms with Crippen LogP contribution in [0.1, 0.15) is 51.4 Å². The van der Waals surface area contributed by atoms with Gasteiger partial charge in [0.15, 0.2) is 0 Å². The third-order valence-corrected chi connectivity index (χ3v) is 4.80. The summed E-state index contributed by atoms with van der Waals surface area (Å²) < 4.78 is 26.2. The first-order valence-corrected chi connectivity index (χ1v) is 8.20. The van der Waals surface area contributed by atoms with Crippen molar-refractivity contribution in [3.8, 4) is 12.3 Å². The van der Waals surface area contributed by atoms with Crippen molar-refractivity contribution in [1.29, 1.82) is 0 Å². The number of hydrogen-bond donors (Lipinski definition) is 1. The number of unbranched alkanes of at least 4 members (excludes halogenated alkanes) is 2. The van der Waals surface area contributed by atoms with E-state index in [9.17, 15) is 8.42 Å². The van der Waals surface area contributed by atoms with E-state index >= 15 is 0 Å². The number of hydrogen-bond acceptors (Lipinski definition) is 2. The van der Waals surface area contributed by atoms with Crippen LogP contribution in [0.5, 0.6) is 0 Å². The molecule has 1 rings (SSSR count). The number of sulfonamides is 1. The van der Waals surface area contributed by atoms with E-state index in [-0.39, 0.29) is 0 Å². The lowest BCUT2D eigenvalue weighted by molar-refractivity contribution is 0.384. The topological polar surface area (TPSA) is 46.2 Å². The smallest absolute Gasteiger partial charge is 0.211 e. The highest BCUT2D eigenvalue weighted by Gasteiger charge is 2.20. The van der Waals surface area contributed by atoms with Crippen molar-refractivity contribution in [2.75, 3.05) is 12.3 Å². The van der Waals surface area contributed by atoms with Gasteiger partial charge < -0.3 is 0 Å². The summed E-state index contributed by atoms with van der Waals surface area (Å²) in [7, 11) is -3.07. The van der Waals surface area contributed by atoms with Crippen LogP contribution in [-0.4, -0.2) is 20.7 Å². The van der Waals surface area contributed by atoms with Crippen molar-refractivity contribution in [3.05, 3.63) is 0 Å². The van der Waals surface area contributed by atoms with Gasteiger partial charge in [-0.1, -0.05) is 19.3 Å². The zero-order valence-corrected chi connectivity index (χ0v) is 11.3. The minimum atomic E-state index is -3.07. The lowest BCUT2D eigenvalue weighted by Crippen LogP contribution is -2.31. The van der Waals surface area contributed by atoms with Crippen LogP contribution in [0.15, 0.2) is 0 Å². The molecule has 17 heavy (non-hydrogen) atoms. The van der Waals surface area contributed by atoms with Gasteiger partial charge in [0.05, 0.1) is 5.75 Å². The Morgan fingerprint density at radius 1 is 1.18 bits per heavy atom. The SMILES string of the molecule is C#CCCCCNS(=O)(=O)CC1CCCCC1. The average molecular weight is 257 g/mol. The van der Waals surface area contributed by atoms with Crippen molar-refractivity contribution in [2.24, 2.45) is 5.92 Å². The van der Waals surface area contributed by atoms with Gasteiger partial charge in [0.25, 0.3) is 0 Å². The van der Waals surface area contributed by atoms with Crippen LogP contribution < -0.4 is 4.72 Å². The van der Waals surface area contributed by atoms with E-state index in [2.05, 4.69) is 10.6 Å². The van der Waals surface area contributed by atoms with Gasteiger partial charge in [-0.15, -0.1) is 12.3 Å². The Balaban J connectivity index is 2.19. The molecule has 0 amide bonds. The van der Waals surface area contributed by atoms with Crippen molar-refractivity contribution in [1.82, 2.24) is 4.72 Å². The molecule has 0 bridgehead atoms. The third-order valence-electron chi connectivity index (χ3n) is 3.25. The highest BCUT2D eigenvalue weighted by Crippen LogP contribution is 2.24. The quantitative estimate of drug-likeness (QED) is 0.562. The zero-order chi connectivity index (χ0) is 12.6. The van der Waals surface area contributed by atoms with Crippen LogP contribution in [-0.2, 0) is 10.0 Å². The second-order valence-corrected chi connectivity index (χ2v) is 6.69. The van der Waals surface area contributed by atoms with Gasteiger partial charge >= 0.3 is 0 Å². The predicted octanol–water partition coefficient (Wildman–Crippen LogP) is 2.29. The highest BCUT2D eigenvalue weighted by molar-refractivity contribution is 7.89. The van der Waals surface area contributed by atoms with Gasteiger partial charge in [-0.2, -0.15) is 0 Å². The Kier molecular flexibility index (Phi) is 6.61. The molecule has 0 aliphatic heterocycles.